The first-order chi connectivity index (χ1) is 13.5. The lowest BCUT2D eigenvalue weighted by Gasteiger charge is -2.22. The molecule has 148 valence electrons. The number of halogens is 2. The van der Waals surface area contributed by atoms with E-state index in [1.54, 1.807) is 24.2 Å². The highest BCUT2D eigenvalue weighted by atomic mass is 19.1. The van der Waals surface area contributed by atoms with Crippen LogP contribution in [0.4, 0.5) is 8.78 Å². The second-order valence-electron chi connectivity index (χ2n) is 6.58. The zero-order valence-corrected chi connectivity index (χ0v) is 15.5. The van der Waals surface area contributed by atoms with E-state index in [-0.39, 0.29) is 12.3 Å². The molecule has 7 nitrogen and oxygen atoms in total. The first-order valence-electron chi connectivity index (χ1n) is 8.81. The highest BCUT2D eigenvalue weighted by Gasteiger charge is 2.28. The molecular weight excluding hydrogens is 368 g/mol. The van der Waals surface area contributed by atoms with Crippen molar-refractivity contribution >= 4 is 12.1 Å². The molecule has 2 heterocycles. The lowest BCUT2D eigenvalue weighted by molar-refractivity contribution is -0.133. The van der Waals surface area contributed by atoms with Crippen LogP contribution < -0.4 is 0 Å². The number of methoxy groups -OCH3 is 1. The second kappa shape index (κ2) is 8.83. The third kappa shape index (κ3) is 4.86. The van der Waals surface area contributed by atoms with Gasteiger partial charge in [-0.05, 0) is 24.1 Å². The van der Waals surface area contributed by atoms with E-state index in [0.29, 0.717) is 37.3 Å². The minimum Gasteiger partial charge on any atom is -0.378 e. The minimum atomic E-state index is -0.677. The number of ether oxygens (including phenoxy) is 1. The molecule has 1 unspecified atom stereocenters. The quantitative estimate of drug-likeness (QED) is 0.651. The molecule has 9 heteroatoms. The van der Waals surface area contributed by atoms with Crippen molar-refractivity contribution in [2.75, 3.05) is 7.11 Å². The maximum absolute atomic E-state index is 13.5. The van der Waals surface area contributed by atoms with Gasteiger partial charge in [-0.1, -0.05) is 17.4 Å². The van der Waals surface area contributed by atoms with Crippen LogP contribution in [-0.4, -0.2) is 39.2 Å². The lowest BCUT2D eigenvalue weighted by Crippen LogP contribution is -2.27. The second-order valence-corrected chi connectivity index (χ2v) is 6.58. The molecule has 3 rings (SSSR count). The standard InChI is InChI=1S/C19H21F2N5O2/c1-13(10-25-11-17(12-28-2)23-24-25)3-4-19(27)26-18(5-6-22-26)14-7-15(20)9-16(21)8-14/h6-9,11,18H,1,3-5,10,12H2,2H3. The zero-order chi connectivity index (χ0) is 20.1. The van der Waals surface area contributed by atoms with E-state index >= 15 is 0 Å². The van der Waals surface area contributed by atoms with Gasteiger partial charge in [-0.2, -0.15) is 5.10 Å². The number of hydrogen-bond donors (Lipinski definition) is 0. The van der Waals surface area contributed by atoms with E-state index < -0.39 is 17.7 Å². The van der Waals surface area contributed by atoms with Gasteiger partial charge in [-0.25, -0.2) is 18.5 Å². The average Bonchev–Trinajstić information content (AvgIpc) is 3.29. The summed E-state index contributed by atoms with van der Waals surface area (Å²) in [4.78, 5) is 12.6. The fourth-order valence-electron chi connectivity index (χ4n) is 3.03. The molecule has 0 spiro atoms. The smallest absolute Gasteiger partial charge is 0.243 e. The molecule has 1 aliphatic heterocycles. The van der Waals surface area contributed by atoms with Crippen LogP contribution in [-0.2, 0) is 22.7 Å². The number of hydrogen-bond acceptors (Lipinski definition) is 5. The molecule has 0 radical (unpaired) electrons. The number of rotatable bonds is 8. The Balaban J connectivity index is 1.55. The Morgan fingerprint density at radius 2 is 2.04 bits per heavy atom. The van der Waals surface area contributed by atoms with Gasteiger partial charge in [-0.15, -0.1) is 5.10 Å². The highest BCUT2D eigenvalue weighted by Crippen LogP contribution is 2.30. The SMILES string of the molecule is C=C(CCC(=O)N1N=CCC1c1cc(F)cc(F)c1)Cn1cc(COC)nn1. The third-order valence-electron chi connectivity index (χ3n) is 4.31. The van der Waals surface area contributed by atoms with Crippen LogP contribution in [0.2, 0.25) is 0 Å². The van der Waals surface area contributed by atoms with E-state index in [9.17, 15) is 13.6 Å². The van der Waals surface area contributed by atoms with E-state index in [0.717, 1.165) is 11.6 Å². The number of allylic oxidation sites excluding steroid dienone is 1. The van der Waals surface area contributed by atoms with Gasteiger partial charge in [0.25, 0.3) is 0 Å². The van der Waals surface area contributed by atoms with Crippen molar-refractivity contribution in [2.45, 2.75) is 38.5 Å². The molecule has 0 bridgehead atoms. The van der Waals surface area contributed by atoms with Gasteiger partial charge in [0.2, 0.25) is 5.91 Å². The van der Waals surface area contributed by atoms with E-state index in [2.05, 4.69) is 22.0 Å². The Morgan fingerprint density at radius 1 is 1.29 bits per heavy atom. The van der Waals surface area contributed by atoms with Crippen LogP contribution in [0.25, 0.3) is 0 Å². The molecule has 0 N–H and O–H groups in total. The third-order valence-corrected chi connectivity index (χ3v) is 4.31. The topological polar surface area (TPSA) is 72.6 Å². The number of amides is 1. The first kappa shape index (κ1) is 19.8. The molecular formula is C19H21F2N5O2. The molecule has 1 aliphatic rings. The van der Waals surface area contributed by atoms with Gasteiger partial charge < -0.3 is 4.74 Å². The van der Waals surface area contributed by atoms with Gasteiger partial charge in [-0.3, -0.25) is 4.79 Å². The van der Waals surface area contributed by atoms with Crippen molar-refractivity contribution < 1.29 is 18.3 Å². The Morgan fingerprint density at radius 3 is 2.75 bits per heavy atom. The van der Waals surface area contributed by atoms with Gasteiger partial charge in [0.05, 0.1) is 25.4 Å². The summed E-state index contributed by atoms with van der Waals surface area (Å²) in [5.41, 5.74) is 1.90. The van der Waals surface area contributed by atoms with Crippen LogP contribution in [0.3, 0.4) is 0 Å². The minimum absolute atomic E-state index is 0.185. The van der Waals surface area contributed by atoms with E-state index in [1.807, 2.05) is 0 Å². The molecule has 0 fully saturated rings. The summed E-state index contributed by atoms with van der Waals surface area (Å²) in [5.74, 6) is -1.59. The summed E-state index contributed by atoms with van der Waals surface area (Å²) < 4.78 is 33.6. The van der Waals surface area contributed by atoms with Crippen LogP contribution in [0.1, 0.15) is 36.6 Å². The van der Waals surface area contributed by atoms with Gasteiger partial charge in [0.15, 0.2) is 0 Å². The number of carbonyl (C=O) groups excluding carboxylic acids is 1. The van der Waals surface area contributed by atoms with Gasteiger partial charge >= 0.3 is 0 Å². The van der Waals surface area contributed by atoms with Crippen molar-refractivity contribution in [3.05, 3.63) is 59.4 Å². The van der Waals surface area contributed by atoms with Crippen LogP contribution in [0.15, 0.2) is 41.6 Å². The summed E-state index contributed by atoms with van der Waals surface area (Å²) in [6.07, 6.45) is 4.37. The predicted octanol–water partition coefficient (Wildman–Crippen LogP) is 3.00. The lowest BCUT2D eigenvalue weighted by atomic mass is 10.0. The van der Waals surface area contributed by atoms with Crippen molar-refractivity contribution in [3.63, 3.8) is 0 Å². The summed E-state index contributed by atoms with van der Waals surface area (Å²) in [7, 11) is 1.58. The maximum atomic E-state index is 13.5. The van der Waals surface area contributed by atoms with Crippen LogP contribution in [0.5, 0.6) is 0 Å². The number of nitrogens with zero attached hydrogens (tertiary/aromatic N) is 5. The van der Waals surface area contributed by atoms with Crippen LogP contribution >= 0.6 is 0 Å². The van der Waals surface area contributed by atoms with Gasteiger partial charge in [0.1, 0.15) is 17.3 Å². The van der Waals surface area contributed by atoms with Gasteiger partial charge in [0, 0.05) is 32.2 Å². The van der Waals surface area contributed by atoms with Crippen molar-refractivity contribution in [1.82, 2.24) is 20.0 Å². The number of carbonyl (C=O) groups is 1. The molecule has 0 saturated carbocycles. The Kier molecular flexibility index (Phi) is 6.25. The number of benzene rings is 1. The predicted molar refractivity (Wildman–Crippen MR) is 98.2 cm³/mol. The zero-order valence-electron chi connectivity index (χ0n) is 15.5. The fraction of sp³-hybridized carbons (Fsp3) is 0.368. The molecule has 28 heavy (non-hydrogen) atoms. The summed E-state index contributed by atoms with van der Waals surface area (Å²) in [5, 5.41) is 13.3. The Labute approximate surface area is 161 Å². The fourth-order valence-corrected chi connectivity index (χ4v) is 3.03. The molecule has 1 atom stereocenters. The molecule has 1 amide bonds. The van der Waals surface area contributed by atoms with E-state index in [4.69, 9.17) is 4.74 Å². The Bertz CT molecular complexity index is 876. The van der Waals surface area contributed by atoms with Crippen molar-refractivity contribution in [2.24, 2.45) is 5.10 Å². The van der Waals surface area contributed by atoms with Crippen molar-refractivity contribution in [1.29, 1.82) is 0 Å². The normalized spacial score (nSPS) is 16.0. The molecule has 1 aromatic carbocycles. The molecule has 0 saturated heterocycles. The summed E-state index contributed by atoms with van der Waals surface area (Å²) in [6, 6.07) is 2.75. The highest BCUT2D eigenvalue weighted by molar-refractivity contribution is 5.80. The number of aromatic nitrogens is 3. The van der Waals surface area contributed by atoms with E-state index in [1.165, 1.54) is 17.1 Å². The summed E-state index contributed by atoms with van der Waals surface area (Å²) >= 11 is 0. The molecule has 1 aromatic heterocycles. The number of hydrazone groups is 1. The van der Waals surface area contributed by atoms with Crippen LogP contribution in [0, 0.1) is 11.6 Å². The summed E-state index contributed by atoms with van der Waals surface area (Å²) in [6.45, 7) is 4.79. The molecule has 0 aliphatic carbocycles. The Hall–Kier alpha value is -2.94. The average molecular weight is 389 g/mol. The monoisotopic (exact) mass is 389 g/mol. The first-order valence-corrected chi connectivity index (χ1v) is 8.81. The maximum Gasteiger partial charge on any atom is 0.243 e. The largest absolute Gasteiger partial charge is 0.378 e. The van der Waals surface area contributed by atoms with Crippen molar-refractivity contribution in [3.8, 4) is 0 Å². The molecule has 2 aromatic rings.